The van der Waals surface area contributed by atoms with Gasteiger partial charge in [-0.25, -0.2) is 0 Å². The first kappa shape index (κ1) is 12.9. The number of esters is 1. The number of hydrogen-bond acceptors (Lipinski definition) is 4. The SMILES string of the molecule is CCOC(=O)CCSCc1cccc(N)c1. The Hall–Kier alpha value is -1.16. The summed E-state index contributed by atoms with van der Waals surface area (Å²) >= 11 is 1.71. The molecule has 0 aliphatic heterocycles. The van der Waals surface area contributed by atoms with Crippen LogP contribution >= 0.6 is 11.8 Å². The summed E-state index contributed by atoms with van der Waals surface area (Å²) in [4.78, 5) is 11.1. The first-order chi connectivity index (χ1) is 7.72. The van der Waals surface area contributed by atoms with Crippen LogP contribution in [0.2, 0.25) is 0 Å². The maximum Gasteiger partial charge on any atom is 0.306 e. The summed E-state index contributed by atoms with van der Waals surface area (Å²) in [6, 6.07) is 7.80. The second-order valence-corrected chi connectivity index (χ2v) is 4.46. The van der Waals surface area contributed by atoms with Crippen molar-refractivity contribution in [3.8, 4) is 0 Å². The van der Waals surface area contributed by atoms with E-state index in [1.807, 2.05) is 31.2 Å². The Labute approximate surface area is 100 Å². The van der Waals surface area contributed by atoms with Crippen molar-refractivity contribution in [3.63, 3.8) is 0 Å². The zero-order chi connectivity index (χ0) is 11.8. The minimum Gasteiger partial charge on any atom is -0.466 e. The smallest absolute Gasteiger partial charge is 0.306 e. The normalized spacial score (nSPS) is 10.1. The van der Waals surface area contributed by atoms with Crippen molar-refractivity contribution < 1.29 is 9.53 Å². The Kier molecular flexibility index (Phi) is 5.78. The van der Waals surface area contributed by atoms with Gasteiger partial charge in [-0.2, -0.15) is 11.8 Å². The van der Waals surface area contributed by atoms with Gasteiger partial charge in [-0.1, -0.05) is 12.1 Å². The number of ether oxygens (including phenoxy) is 1. The molecular formula is C12H17NO2S. The van der Waals surface area contributed by atoms with Gasteiger partial charge in [0.1, 0.15) is 0 Å². The van der Waals surface area contributed by atoms with Gasteiger partial charge in [-0.3, -0.25) is 4.79 Å². The van der Waals surface area contributed by atoms with Crippen LogP contribution in [0.25, 0.3) is 0 Å². The summed E-state index contributed by atoms with van der Waals surface area (Å²) in [5, 5.41) is 0. The van der Waals surface area contributed by atoms with E-state index < -0.39 is 0 Å². The van der Waals surface area contributed by atoms with Crippen molar-refractivity contribution in [1.82, 2.24) is 0 Å². The van der Waals surface area contributed by atoms with Crippen LogP contribution in [-0.2, 0) is 15.3 Å². The Balaban J connectivity index is 2.18. The number of nitrogen functional groups attached to an aromatic ring is 1. The average Bonchev–Trinajstić information content (AvgIpc) is 2.25. The summed E-state index contributed by atoms with van der Waals surface area (Å²) in [6.45, 7) is 2.27. The molecule has 0 atom stereocenters. The molecule has 1 aromatic carbocycles. The second-order valence-electron chi connectivity index (χ2n) is 3.35. The zero-order valence-corrected chi connectivity index (χ0v) is 10.3. The van der Waals surface area contributed by atoms with Gasteiger partial charge in [0.15, 0.2) is 0 Å². The fourth-order valence-corrected chi connectivity index (χ4v) is 2.13. The van der Waals surface area contributed by atoms with E-state index in [-0.39, 0.29) is 5.97 Å². The van der Waals surface area contributed by atoms with E-state index >= 15 is 0 Å². The fraction of sp³-hybridized carbons (Fsp3) is 0.417. The molecule has 0 amide bonds. The van der Waals surface area contributed by atoms with Gasteiger partial charge in [0, 0.05) is 17.2 Å². The van der Waals surface area contributed by atoms with Crippen LogP contribution in [0, 0.1) is 0 Å². The van der Waals surface area contributed by atoms with E-state index in [1.54, 1.807) is 11.8 Å². The number of carbonyl (C=O) groups is 1. The van der Waals surface area contributed by atoms with Gasteiger partial charge >= 0.3 is 5.97 Å². The molecule has 0 aliphatic carbocycles. The third kappa shape index (κ3) is 5.07. The lowest BCUT2D eigenvalue weighted by molar-refractivity contribution is -0.142. The minimum absolute atomic E-state index is 0.123. The largest absolute Gasteiger partial charge is 0.466 e. The van der Waals surface area contributed by atoms with Gasteiger partial charge in [0.25, 0.3) is 0 Å². The highest BCUT2D eigenvalue weighted by Crippen LogP contribution is 2.15. The van der Waals surface area contributed by atoms with Gasteiger partial charge in [-0.05, 0) is 24.6 Å². The number of benzene rings is 1. The van der Waals surface area contributed by atoms with Crippen LogP contribution in [0.4, 0.5) is 5.69 Å². The lowest BCUT2D eigenvalue weighted by Gasteiger charge is -2.03. The summed E-state index contributed by atoms with van der Waals surface area (Å²) in [7, 11) is 0. The molecule has 2 N–H and O–H groups in total. The van der Waals surface area contributed by atoms with Gasteiger partial charge in [-0.15, -0.1) is 0 Å². The van der Waals surface area contributed by atoms with Crippen LogP contribution < -0.4 is 5.73 Å². The molecule has 0 aromatic heterocycles. The number of nitrogens with two attached hydrogens (primary N) is 1. The van der Waals surface area contributed by atoms with Crippen molar-refractivity contribution in [1.29, 1.82) is 0 Å². The van der Waals surface area contributed by atoms with E-state index in [0.717, 1.165) is 17.2 Å². The number of thioether (sulfide) groups is 1. The predicted molar refractivity (Wildman–Crippen MR) is 68.3 cm³/mol. The highest BCUT2D eigenvalue weighted by molar-refractivity contribution is 7.98. The first-order valence-electron chi connectivity index (χ1n) is 5.30. The van der Waals surface area contributed by atoms with Crippen LogP contribution in [0.15, 0.2) is 24.3 Å². The molecule has 0 unspecified atom stereocenters. The molecule has 1 rings (SSSR count). The quantitative estimate of drug-likeness (QED) is 0.470. The second kappa shape index (κ2) is 7.17. The predicted octanol–water partition coefficient (Wildman–Crippen LogP) is 2.46. The van der Waals surface area contributed by atoms with Crippen LogP contribution in [0.3, 0.4) is 0 Å². The van der Waals surface area contributed by atoms with E-state index in [0.29, 0.717) is 13.0 Å². The molecule has 0 radical (unpaired) electrons. The van der Waals surface area contributed by atoms with Gasteiger partial charge in [0.05, 0.1) is 13.0 Å². The summed E-state index contributed by atoms with van der Waals surface area (Å²) < 4.78 is 4.84. The van der Waals surface area contributed by atoms with Crippen molar-refractivity contribution in [2.45, 2.75) is 19.1 Å². The molecule has 0 spiro atoms. The molecule has 88 valence electrons. The third-order valence-corrected chi connectivity index (χ3v) is 3.01. The zero-order valence-electron chi connectivity index (χ0n) is 9.44. The molecule has 3 nitrogen and oxygen atoms in total. The van der Waals surface area contributed by atoms with Crippen LogP contribution in [0.1, 0.15) is 18.9 Å². The fourth-order valence-electron chi connectivity index (χ4n) is 1.26. The van der Waals surface area contributed by atoms with Crippen molar-refractivity contribution in [2.75, 3.05) is 18.1 Å². The molecule has 0 heterocycles. The van der Waals surface area contributed by atoms with Gasteiger partial charge in [0.2, 0.25) is 0 Å². The standard InChI is InChI=1S/C12H17NO2S/c1-2-15-12(14)6-7-16-9-10-4-3-5-11(13)8-10/h3-5,8H,2,6-7,9,13H2,1H3. The number of carbonyl (C=O) groups excluding carboxylic acids is 1. The lowest BCUT2D eigenvalue weighted by Crippen LogP contribution is -2.04. The minimum atomic E-state index is -0.123. The molecule has 1 aromatic rings. The Morgan fingerprint density at radius 1 is 1.50 bits per heavy atom. The summed E-state index contributed by atoms with van der Waals surface area (Å²) in [6.07, 6.45) is 0.473. The summed E-state index contributed by atoms with van der Waals surface area (Å²) in [5.41, 5.74) is 7.64. The molecular weight excluding hydrogens is 222 g/mol. The van der Waals surface area contributed by atoms with Crippen molar-refractivity contribution in [3.05, 3.63) is 29.8 Å². The van der Waals surface area contributed by atoms with Crippen LogP contribution in [0.5, 0.6) is 0 Å². The molecule has 4 heteroatoms. The molecule has 0 bridgehead atoms. The highest BCUT2D eigenvalue weighted by Gasteiger charge is 2.01. The Morgan fingerprint density at radius 2 is 2.31 bits per heavy atom. The molecule has 0 aliphatic rings. The number of anilines is 1. The van der Waals surface area contributed by atoms with Crippen molar-refractivity contribution in [2.24, 2.45) is 0 Å². The number of rotatable bonds is 6. The molecule has 0 fully saturated rings. The molecule has 0 saturated heterocycles. The maximum atomic E-state index is 11.1. The number of hydrogen-bond donors (Lipinski definition) is 1. The summed E-state index contributed by atoms with van der Waals surface area (Å²) in [5.74, 6) is 1.54. The lowest BCUT2D eigenvalue weighted by atomic mass is 10.2. The molecule has 0 saturated carbocycles. The van der Waals surface area contributed by atoms with E-state index in [2.05, 4.69) is 0 Å². The van der Waals surface area contributed by atoms with Gasteiger partial charge < -0.3 is 10.5 Å². The molecule has 16 heavy (non-hydrogen) atoms. The highest BCUT2D eigenvalue weighted by atomic mass is 32.2. The maximum absolute atomic E-state index is 11.1. The van der Waals surface area contributed by atoms with Crippen molar-refractivity contribution >= 4 is 23.4 Å². The van der Waals surface area contributed by atoms with E-state index in [1.165, 1.54) is 5.56 Å². The van der Waals surface area contributed by atoms with E-state index in [9.17, 15) is 4.79 Å². The topological polar surface area (TPSA) is 52.3 Å². The van der Waals surface area contributed by atoms with E-state index in [4.69, 9.17) is 10.5 Å². The monoisotopic (exact) mass is 239 g/mol. The first-order valence-corrected chi connectivity index (χ1v) is 6.45. The third-order valence-electron chi connectivity index (χ3n) is 1.98. The van der Waals surface area contributed by atoms with Crippen LogP contribution in [-0.4, -0.2) is 18.3 Å². The average molecular weight is 239 g/mol. The Morgan fingerprint density at radius 3 is 3.00 bits per heavy atom. The Bertz CT molecular complexity index is 342.